The summed E-state index contributed by atoms with van der Waals surface area (Å²) in [6.07, 6.45) is 2.80. The second-order valence-electron chi connectivity index (χ2n) is 2.49. The zero-order chi connectivity index (χ0) is 10.4. The molecule has 0 atom stereocenters. The van der Waals surface area contributed by atoms with Gasteiger partial charge in [0.1, 0.15) is 0 Å². The van der Waals surface area contributed by atoms with Gasteiger partial charge in [0, 0.05) is 12.6 Å². The molecule has 70 valence electrons. The summed E-state index contributed by atoms with van der Waals surface area (Å²) in [6, 6.07) is 0. The van der Waals surface area contributed by atoms with E-state index < -0.39 is 7.12 Å². The Morgan fingerprint density at radius 2 is 1.92 bits per heavy atom. The second-order valence-corrected chi connectivity index (χ2v) is 2.49. The Balaban J connectivity index is 4.05. The molecule has 0 aromatic carbocycles. The van der Waals surface area contributed by atoms with Crippen LogP contribution in [-0.4, -0.2) is 23.1 Å². The highest BCUT2D eigenvalue weighted by Crippen LogP contribution is 1.96. The maximum absolute atomic E-state index is 10.5. The summed E-state index contributed by atoms with van der Waals surface area (Å²) in [6.45, 7) is 8.22. The quantitative estimate of drug-likeness (QED) is 0.414. The van der Waals surface area contributed by atoms with E-state index in [9.17, 15) is 4.79 Å². The van der Waals surface area contributed by atoms with Crippen LogP contribution in [0.4, 0.5) is 0 Å². The smallest absolute Gasteiger partial charge is 0.423 e. The van der Waals surface area contributed by atoms with Crippen LogP contribution in [0.2, 0.25) is 0 Å². The molecule has 0 fully saturated rings. The lowest BCUT2D eigenvalue weighted by atomic mass is 9.80. The Labute approximate surface area is 77.4 Å². The topological polar surface area (TPSA) is 69.6 Å². The van der Waals surface area contributed by atoms with Crippen molar-refractivity contribution in [2.24, 2.45) is 0 Å². The highest BCUT2D eigenvalue weighted by molar-refractivity contribution is 6.51. The lowest BCUT2D eigenvalue weighted by Crippen LogP contribution is -2.17. The van der Waals surface area contributed by atoms with E-state index >= 15 is 0 Å². The predicted molar refractivity (Wildman–Crippen MR) is 51.4 cm³/mol. The van der Waals surface area contributed by atoms with Gasteiger partial charge in [0.2, 0.25) is 5.91 Å². The summed E-state index contributed by atoms with van der Waals surface area (Å²) in [7, 11) is -1.58. The third-order valence-corrected chi connectivity index (χ3v) is 1.17. The summed E-state index contributed by atoms with van der Waals surface area (Å²) in [5, 5.41) is 19.6. The van der Waals surface area contributed by atoms with E-state index in [1.165, 1.54) is 19.1 Å². The van der Waals surface area contributed by atoms with Crippen molar-refractivity contribution >= 4 is 13.0 Å². The van der Waals surface area contributed by atoms with Crippen molar-refractivity contribution in [1.29, 1.82) is 0 Å². The first-order valence-electron chi connectivity index (χ1n) is 3.63. The number of carbonyl (C=O) groups is 1. The largest absolute Gasteiger partial charge is 0.487 e. The van der Waals surface area contributed by atoms with Gasteiger partial charge in [-0.1, -0.05) is 19.2 Å². The van der Waals surface area contributed by atoms with Crippen LogP contribution in [0.1, 0.15) is 6.92 Å². The Morgan fingerprint density at radius 1 is 1.38 bits per heavy atom. The van der Waals surface area contributed by atoms with Gasteiger partial charge in [-0.3, -0.25) is 4.79 Å². The van der Waals surface area contributed by atoms with Crippen molar-refractivity contribution in [2.45, 2.75) is 6.92 Å². The highest BCUT2D eigenvalue weighted by Gasteiger charge is 2.07. The van der Waals surface area contributed by atoms with Crippen LogP contribution in [0.25, 0.3) is 0 Å². The monoisotopic (exact) mass is 181 g/mol. The summed E-state index contributed by atoms with van der Waals surface area (Å²) in [4.78, 5) is 10.5. The van der Waals surface area contributed by atoms with Crippen molar-refractivity contribution < 1.29 is 14.8 Å². The van der Waals surface area contributed by atoms with Gasteiger partial charge < -0.3 is 15.4 Å². The number of hydrogen-bond donors (Lipinski definition) is 3. The standard InChI is InChI=1S/C8H12BNO3/c1-6(9(12)13)4-5-7(2)10-8(3)11/h4-5,12-13H,1-2H2,3H3,(H,10,11)/b5-4-. The van der Waals surface area contributed by atoms with Crippen LogP contribution in [0, 0.1) is 0 Å². The molecule has 0 aromatic rings. The van der Waals surface area contributed by atoms with E-state index in [-0.39, 0.29) is 11.4 Å². The van der Waals surface area contributed by atoms with Gasteiger partial charge in [-0.25, -0.2) is 0 Å². The van der Waals surface area contributed by atoms with Crippen LogP contribution < -0.4 is 5.32 Å². The molecule has 0 saturated heterocycles. The van der Waals surface area contributed by atoms with Crippen LogP contribution in [0.5, 0.6) is 0 Å². The molecule has 0 saturated carbocycles. The SMILES string of the molecule is C=C(/C=C\C(=C)B(O)O)NC(C)=O. The molecule has 5 heteroatoms. The van der Waals surface area contributed by atoms with Gasteiger partial charge in [-0.2, -0.15) is 0 Å². The molecule has 0 spiro atoms. The van der Waals surface area contributed by atoms with E-state index in [2.05, 4.69) is 18.5 Å². The van der Waals surface area contributed by atoms with Crippen LogP contribution in [0.15, 0.2) is 36.5 Å². The molecule has 0 unspecified atom stereocenters. The lowest BCUT2D eigenvalue weighted by molar-refractivity contribution is -0.118. The molecule has 0 aliphatic heterocycles. The third-order valence-electron chi connectivity index (χ3n) is 1.17. The van der Waals surface area contributed by atoms with E-state index in [0.29, 0.717) is 5.70 Å². The zero-order valence-corrected chi connectivity index (χ0v) is 7.45. The van der Waals surface area contributed by atoms with E-state index in [4.69, 9.17) is 10.0 Å². The minimum absolute atomic E-state index is 0.131. The Bertz CT molecular complexity index is 258. The number of allylic oxidation sites excluding steroid dienone is 3. The number of carbonyl (C=O) groups excluding carboxylic acids is 1. The Kier molecular flexibility index (Phi) is 4.80. The lowest BCUT2D eigenvalue weighted by Gasteiger charge is -2.00. The van der Waals surface area contributed by atoms with Crippen molar-refractivity contribution in [2.75, 3.05) is 0 Å². The number of nitrogens with one attached hydrogen (secondary N) is 1. The van der Waals surface area contributed by atoms with Crippen molar-refractivity contribution in [3.8, 4) is 0 Å². The molecule has 13 heavy (non-hydrogen) atoms. The molecule has 0 aliphatic carbocycles. The molecule has 0 heterocycles. The highest BCUT2D eigenvalue weighted by atomic mass is 16.4. The number of amides is 1. The summed E-state index contributed by atoms with van der Waals surface area (Å²) in [5.74, 6) is -0.232. The van der Waals surface area contributed by atoms with Crippen molar-refractivity contribution in [3.63, 3.8) is 0 Å². The van der Waals surface area contributed by atoms with Crippen LogP contribution >= 0.6 is 0 Å². The average molecular weight is 181 g/mol. The summed E-state index contributed by atoms with van der Waals surface area (Å²) >= 11 is 0. The first kappa shape index (κ1) is 11.7. The average Bonchev–Trinajstić information content (AvgIpc) is 1.98. The predicted octanol–water partition coefficient (Wildman–Crippen LogP) is -0.239. The first-order valence-corrected chi connectivity index (χ1v) is 3.63. The van der Waals surface area contributed by atoms with Crippen LogP contribution in [0.3, 0.4) is 0 Å². The Hall–Kier alpha value is -1.33. The second kappa shape index (κ2) is 5.34. The fraction of sp³-hybridized carbons (Fsp3) is 0.125. The zero-order valence-electron chi connectivity index (χ0n) is 7.45. The molecule has 0 rings (SSSR count). The molecule has 0 aromatic heterocycles. The summed E-state index contributed by atoms with van der Waals surface area (Å²) < 4.78 is 0. The fourth-order valence-corrected chi connectivity index (χ4v) is 0.561. The van der Waals surface area contributed by atoms with Gasteiger partial charge in [0.05, 0.1) is 0 Å². The molecule has 0 radical (unpaired) electrons. The molecular formula is C8H12BNO3. The third kappa shape index (κ3) is 5.89. The molecule has 0 aliphatic rings. The molecule has 3 N–H and O–H groups in total. The van der Waals surface area contributed by atoms with E-state index in [1.54, 1.807) is 0 Å². The minimum atomic E-state index is -1.58. The van der Waals surface area contributed by atoms with Gasteiger partial charge >= 0.3 is 7.12 Å². The molecule has 0 bridgehead atoms. The van der Waals surface area contributed by atoms with E-state index in [0.717, 1.165) is 0 Å². The van der Waals surface area contributed by atoms with E-state index in [1.807, 2.05) is 0 Å². The maximum atomic E-state index is 10.5. The first-order chi connectivity index (χ1) is 5.93. The maximum Gasteiger partial charge on any atom is 0.487 e. The normalized spacial score (nSPS) is 9.77. The molecule has 1 amide bonds. The van der Waals surface area contributed by atoms with Gasteiger partial charge in [0.15, 0.2) is 0 Å². The van der Waals surface area contributed by atoms with Crippen molar-refractivity contribution in [3.05, 3.63) is 36.5 Å². The Morgan fingerprint density at radius 3 is 2.31 bits per heavy atom. The molecular weight excluding hydrogens is 169 g/mol. The number of hydrogen-bond acceptors (Lipinski definition) is 3. The minimum Gasteiger partial charge on any atom is -0.423 e. The van der Waals surface area contributed by atoms with Crippen LogP contribution in [-0.2, 0) is 4.79 Å². The van der Waals surface area contributed by atoms with Crippen molar-refractivity contribution in [1.82, 2.24) is 5.32 Å². The van der Waals surface area contributed by atoms with Gasteiger partial charge in [-0.05, 0) is 11.5 Å². The number of rotatable bonds is 4. The summed E-state index contributed by atoms with van der Waals surface area (Å²) in [5.41, 5.74) is 0.501. The fourth-order valence-electron chi connectivity index (χ4n) is 0.561. The molecule has 4 nitrogen and oxygen atoms in total. The van der Waals surface area contributed by atoms with Gasteiger partial charge in [0.25, 0.3) is 0 Å². The van der Waals surface area contributed by atoms with Gasteiger partial charge in [-0.15, -0.1) is 0 Å².